The van der Waals surface area contributed by atoms with Crippen LogP contribution < -0.4 is 0 Å². The number of hydrogen-bond acceptors (Lipinski definition) is 2. The molecule has 1 aromatic rings. The first-order valence-corrected chi connectivity index (χ1v) is 5.84. The van der Waals surface area contributed by atoms with Gasteiger partial charge in [-0.15, -0.1) is 11.3 Å². The molecule has 0 saturated heterocycles. The summed E-state index contributed by atoms with van der Waals surface area (Å²) in [7, 11) is 0. The van der Waals surface area contributed by atoms with Crippen LogP contribution in [-0.2, 0) is 0 Å². The van der Waals surface area contributed by atoms with Crippen LogP contribution in [0.15, 0.2) is 15.9 Å². The van der Waals surface area contributed by atoms with Crippen LogP contribution in [0.5, 0.6) is 0 Å². The normalized spacial score (nSPS) is 9.38. The second kappa shape index (κ2) is 6.20. The quantitative estimate of drug-likeness (QED) is 0.653. The van der Waals surface area contributed by atoms with Gasteiger partial charge in [0.2, 0.25) is 0 Å². The van der Waals surface area contributed by atoms with Gasteiger partial charge in [-0.3, -0.25) is 0 Å². The summed E-state index contributed by atoms with van der Waals surface area (Å²) in [5.41, 5.74) is 0. The van der Waals surface area contributed by atoms with E-state index in [0.29, 0.717) is 0 Å². The van der Waals surface area contributed by atoms with Crippen molar-refractivity contribution in [3.05, 3.63) is 20.8 Å². The third-order valence-electron chi connectivity index (χ3n) is 1.53. The number of halogens is 1. The first-order valence-electron chi connectivity index (χ1n) is 4.17. The van der Waals surface area contributed by atoms with Gasteiger partial charge in [0.25, 0.3) is 0 Å². The molecule has 0 aliphatic rings. The lowest BCUT2D eigenvalue weighted by atomic mass is 10.2. The van der Waals surface area contributed by atoms with E-state index in [2.05, 4.69) is 27.8 Å². The Balaban J connectivity index is 2.35. The summed E-state index contributed by atoms with van der Waals surface area (Å²) >= 11 is 5.06. The van der Waals surface area contributed by atoms with Crippen LogP contribution in [0.25, 0.3) is 0 Å². The summed E-state index contributed by atoms with van der Waals surface area (Å²) in [5.74, 6) is 6.17. The number of hydrogen-bond donors (Lipinski definition) is 1. The molecule has 13 heavy (non-hydrogen) atoms. The van der Waals surface area contributed by atoms with Crippen LogP contribution in [0.4, 0.5) is 0 Å². The molecule has 0 fully saturated rings. The molecule has 0 spiro atoms. The van der Waals surface area contributed by atoms with Gasteiger partial charge in [-0.1, -0.05) is 11.8 Å². The van der Waals surface area contributed by atoms with Gasteiger partial charge < -0.3 is 5.11 Å². The average molecular weight is 259 g/mol. The maximum Gasteiger partial charge on any atom is 0.0910 e. The fraction of sp³-hybridized carbons (Fsp3) is 0.400. The van der Waals surface area contributed by atoms with Crippen molar-refractivity contribution in [2.75, 3.05) is 6.61 Å². The summed E-state index contributed by atoms with van der Waals surface area (Å²) in [6.45, 7) is 0.268. The predicted octanol–water partition coefficient (Wildman–Crippen LogP) is 3.02. The zero-order valence-corrected chi connectivity index (χ0v) is 9.62. The smallest absolute Gasteiger partial charge is 0.0910 e. The number of rotatable bonds is 3. The molecule has 1 N–H and O–H groups in total. The van der Waals surface area contributed by atoms with Crippen molar-refractivity contribution < 1.29 is 5.11 Å². The summed E-state index contributed by atoms with van der Waals surface area (Å²) < 4.78 is 1.08. The average Bonchev–Trinajstić information content (AvgIpc) is 2.52. The fourth-order valence-electron chi connectivity index (χ4n) is 0.851. The van der Waals surface area contributed by atoms with Crippen LogP contribution in [0, 0.1) is 11.8 Å². The predicted molar refractivity (Wildman–Crippen MR) is 59.8 cm³/mol. The molecule has 0 aromatic carbocycles. The number of aliphatic hydroxyl groups is 1. The van der Waals surface area contributed by atoms with Gasteiger partial charge in [0, 0.05) is 17.5 Å². The van der Waals surface area contributed by atoms with Crippen molar-refractivity contribution in [1.82, 2.24) is 0 Å². The molecular formula is C10H11BrOS. The standard InChI is InChI=1S/C10H11BrOS/c11-9-6-8-13-10(9)5-3-1-2-4-7-12/h6,8,12H,1-2,4,7H2. The third-order valence-corrected chi connectivity index (χ3v) is 3.28. The highest BCUT2D eigenvalue weighted by Crippen LogP contribution is 2.21. The molecule has 3 heteroatoms. The molecule has 0 amide bonds. The van der Waals surface area contributed by atoms with Crippen molar-refractivity contribution in [2.24, 2.45) is 0 Å². The van der Waals surface area contributed by atoms with E-state index in [1.165, 1.54) is 0 Å². The topological polar surface area (TPSA) is 20.2 Å². The summed E-state index contributed by atoms with van der Waals surface area (Å²) in [6.07, 6.45) is 2.69. The van der Waals surface area contributed by atoms with Crippen LogP contribution in [0.2, 0.25) is 0 Å². The zero-order valence-electron chi connectivity index (χ0n) is 7.22. The van der Waals surface area contributed by atoms with Crippen molar-refractivity contribution in [3.8, 4) is 11.8 Å². The highest BCUT2D eigenvalue weighted by molar-refractivity contribution is 9.10. The molecule has 0 saturated carbocycles. The molecule has 1 heterocycles. The highest BCUT2D eigenvalue weighted by atomic mass is 79.9. The van der Waals surface area contributed by atoms with Crippen molar-refractivity contribution in [3.63, 3.8) is 0 Å². The molecule has 1 nitrogen and oxygen atoms in total. The van der Waals surface area contributed by atoms with Crippen molar-refractivity contribution in [1.29, 1.82) is 0 Å². The second-order valence-electron chi connectivity index (χ2n) is 2.58. The molecule has 0 radical (unpaired) electrons. The summed E-state index contributed by atoms with van der Waals surface area (Å²) in [6, 6.07) is 2.00. The Labute approximate surface area is 90.9 Å². The van der Waals surface area contributed by atoms with Gasteiger partial charge in [-0.2, -0.15) is 0 Å². The van der Waals surface area contributed by atoms with E-state index >= 15 is 0 Å². The maximum absolute atomic E-state index is 8.54. The van der Waals surface area contributed by atoms with Crippen LogP contribution >= 0.6 is 27.3 Å². The van der Waals surface area contributed by atoms with Crippen LogP contribution in [0.3, 0.4) is 0 Å². The zero-order chi connectivity index (χ0) is 9.52. The highest BCUT2D eigenvalue weighted by Gasteiger charge is 1.94. The van der Waals surface area contributed by atoms with Gasteiger partial charge in [0.15, 0.2) is 0 Å². The van der Waals surface area contributed by atoms with Crippen LogP contribution in [-0.4, -0.2) is 11.7 Å². The van der Waals surface area contributed by atoms with E-state index in [1.807, 2.05) is 11.4 Å². The van der Waals surface area contributed by atoms with E-state index in [0.717, 1.165) is 28.6 Å². The van der Waals surface area contributed by atoms with E-state index in [9.17, 15) is 0 Å². The molecule has 0 atom stereocenters. The lowest BCUT2D eigenvalue weighted by molar-refractivity contribution is 0.285. The Bertz CT molecular complexity index is 308. The van der Waals surface area contributed by atoms with E-state index in [-0.39, 0.29) is 6.61 Å². The SMILES string of the molecule is OCCCCC#Cc1sccc1Br. The monoisotopic (exact) mass is 258 g/mol. The number of thiophene rings is 1. The van der Waals surface area contributed by atoms with E-state index < -0.39 is 0 Å². The van der Waals surface area contributed by atoms with E-state index in [4.69, 9.17) is 5.11 Å². The minimum Gasteiger partial charge on any atom is -0.396 e. The van der Waals surface area contributed by atoms with E-state index in [1.54, 1.807) is 11.3 Å². The molecule has 0 aliphatic carbocycles. The van der Waals surface area contributed by atoms with Crippen molar-refractivity contribution >= 4 is 27.3 Å². The summed E-state index contributed by atoms with van der Waals surface area (Å²) in [4.78, 5) is 1.09. The maximum atomic E-state index is 8.54. The second-order valence-corrected chi connectivity index (χ2v) is 4.35. The summed E-state index contributed by atoms with van der Waals surface area (Å²) in [5, 5.41) is 10.6. The number of unbranched alkanes of at least 4 members (excludes halogenated alkanes) is 2. The Morgan fingerprint density at radius 1 is 1.46 bits per heavy atom. The largest absolute Gasteiger partial charge is 0.396 e. The Morgan fingerprint density at radius 3 is 2.92 bits per heavy atom. The number of aliphatic hydroxyl groups excluding tert-OH is 1. The fourth-order valence-corrected chi connectivity index (χ4v) is 2.19. The third kappa shape index (κ3) is 3.95. The molecule has 1 aromatic heterocycles. The molecule has 1 rings (SSSR count). The van der Waals surface area contributed by atoms with Crippen LogP contribution in [0.1, 0.15) is 24.1 Å². The first-order chi connectivity index (χ1) is 6.34. The minimum atomic E-state index is 0.268. The molecule has 0 aliphatic heterocycles. The van der Waals surface area contributed by atoms with Gasteiger partial charge in [0.05, 0.1) is 4.88 Å². The van der Waals surface area contributed by atoms with Gasteiger partial charge in [-0.05, 0) is 40.2 Å². The molecule has 70 valence electrons. The molecular weight excluding hydrogens is 248 g/mol. The minimum absolute atomic E-state index is 0.268. The molecule has 0 unspecified atom stereocenters. The lowest BCUT2D eigenvalue weighted by Crippen LogP contribution is -1.80. The van der Waals surface area contributed by atoms with Crippen molar-refractivity contribution in [2.45, 2.75) is 19.3 Å². The Hall–Kier alpha value is -0.300. The van der Waals surface area contributed by atoms with Gasteiger partial charge in [0.1, 0.15) is 0 Å². The molecule has 0 bridgehead atoms. The Kier molecular flexibility index (Phi) is 5.14. The first kappa shape index (κ1) is 10.8. The van der Waals surface area contributed by atoms with Gasteiger partial charge in [-0.25, -0.2) is 0 Å². The Morgan fingerprint density at radius 2 is 2.31 bits per heavy atom. The van der Waals surface area contributed by atoms with Gasteiger partial charge >= 0.3 is 0 Å². The lowest BCUT2D eigenvalue weighted by Gasteiger charge is -1.88.